The number of piperazine rings is 1. The SMILES string of the molecule is CCC(=O)COc1cc2cc(Nc3nc(N4CCN(C(C)(C)C5CCN(c6ccc7c(c6)CN(C6CCC(=O)NC6=O)C7=O)CC5)CC4)ncc3Cl)ccc2n(C)c1=O. The van der Waals surface area contributed by atoms with Crippen molar-refractivity contribution >= 4 is 69.1 Å². The molecule has 1 unspecified atom stereocenters. The summed E-state index contributed by atoms with van der Waals surface area (Å²) in [5.74, 6) is 0.766. The maximum atomic E-state index is 13.2. The summed E-state index contributed by atoms with van der Waals surface area (Å²) in [6, 6.07) is 12.6. The molecule has 2 aromatic carbocycles. The van der Waals surface area contributed by atoms with E-state index in [2.05, 4.69) is 50.2 Å². The average molecular weight is 824 g/mol. The van der Waals surface area contributed by atoms with Gasteiger partial charge in [0.25, 0.3) is 11.5 Å². The van der Waals surface area contributed by atoms with Crippen molar-refractivity contribution in [3.8, 4) is 5.75 Å². The van der Waals surface area contributed by atoms with Crippen LogP contribution >= 0.6 is 11.6 Å². The van der Waals surface area contributed by atoms with E-state index in [1.165, 1.54) is 4.57 Å². The molecule has 0 radical (unpaired) electrons. The number of halogens is 1. The lowest BCUT2D eigenvalue weighted by molar-refractivity contribution is -0.137. The third kappa shape index (κ3) is 7.97. The Labute approximate surface area is 347 Å². The first-order valence-electron chi connectivity index (χ1n) is 20.4. The van der Waals surface area contributed by atoms with Crippen LogP contribution in [0.15, 0.2) is 53.5 Å². The number of carbonyl (C=O) groups excluding carboxylic acids is 4. The maximum absolute atomic E-state index is 13.2. The Bertz CT molecular complexity index is 2390. The highest BCUT2D eigenvalue weighted by molar-refractivity contribution is 6.33. The molecule has 16 heteroatoms. The summed E-state index contributed by atoms with van der Waals surface area (Å²) in [6.45, 7) is 11.8. The number of benzene rings is 2. The number of aromatic nitrogens is 3. The van der Waals surface area contributed by atoms with Crippen LogP contribution in [0.4, 0.5) is 23.1 Å². The Balaban J connectivity index is 0.867. The normalized spacial score (nSPS) is 19.3. The van der Waals surface area contributed by atoms with Gasteiger partial charge in [0.1, 0.15) is 17.7 Å². The number of hydrogen-bond donors (Lipinski definition) is 2. The molecule has 310 valence electrons. The van der Waals surface area contributed by atoms with Crippen LogP contribution in [0.5, 0.6) is 5.75 Å². The highest BCUT2D eigenvalue weighted by atomic mass is 35.5. The Morgan fingerprint density at radius 1 is 0.966 bits per heavy atom. The number of amides is 3. The number of pyridine rings is 1. The van der Waals surface area contributed by atoms with Crippen molar-refractivity contribution in [2.24, 2.45) is 13.0 Å². The van der Waals surface area contributed by atoms with Gasteiger partial charge in [-0.3, -0.25) is 34.2 Å². The molecule has 1 atom stereocenters. The number of nitrogens with zero attached hydrogens (tertiary/aromatic N) is 7. The van der Waals surface area contributed by atoms with E-state index in [4.69, 9.17) is 21.3 Å². The van der Waals surface area contributed by atoms with Crippen LogP contribution in [0.2, 0.25) is 5.02 Å². The van der Waals surface area contributed by atoms with E-state index in [0.717, 1.165) is 80.0 Å². The van der Waals surface area contributed by atoms with Gasteiger partial charge in [-0.1, -0.05) is 18.5 Å². The molecule has 2 aromatic heterocycles. The Morgan fingerprint density at radius 3 is 2.46 bits per heavy atom. The highest BCUT2D eigenvalue weighted by Gasteiger charge is 2.41. The van der Waals surface area contributed by atoms with Crippen LogP contribution in [0.3, 0.4) is 0 Å². The van der Waals surface area contributed by atoms with E-state index in [1.54, 1.807) is 31.1 Å². The van der Waals surface area contributed by atoms with Crippen LogP contribution < -0.4 is 30.7 Å². The Kier molecular flexibility index (Phi) is 11.1. The molecule has 4 aliphatic rings. The number of fused-ring (bicyclic) bond motifs is 2. The van der Waals surface area contributed by atoms with Gasteiger partial charge in [-0.25, -0.2) is 4.98 Å². The lowest BCUT2D eigenvalue weighted by atomic mass is 9.78. The van der Waals surface area contributed by atoms with Crippen LogP contribution in [-0.4, -0.2) is 105 Å². The molecule has 0 bridgehead atoms. The Hall–Kier alpha value is -5.54. The zero-order chi connectivity index (χ0) is 41.6. The van der Waals surface area contributed by atoms with Crippen molar-refractivity contribution in [1.82, 2.24) is 29.7 Å². The molecule has 0 saturated carbocycles. The summed E-state index contributed by atoms with van der Waals surface area (Å²) >= 11 is 6.60. The summed E-state index contributed by atoms with van der Waals surface area (Å²) in [7, 11) is 1.67. The molecule has 59 heavy (non-hydrogen) atoms. The molecular formula is C43H50ClN9O6. The van der Waals surface area contributed by atoms with Gasteiger partial charge < -0.3 is 29.3 Å². The number of imide groups is 1. The van der Waals surface area contributed by atoms with Gasteiger partial charge in [0, 0.05) is 93.6 Å². The van der Waals surface area contributed by atoms with Crippen molar-refractivity contribution in [2.75, 3.05) is 61.0 Å². The number of nitrogens with one attached hydrogen (secondary N) is 2. The monoisotopic (exact) mass is 823 g/mol. The third-order valence-electron chi connectivity index (χ3n) is 12.7. The molecule has 4 aliphatic heterocycles. The molecule has 6 heterocycles. The van der Waals surface area contributed by atoms with Crippen molar-refractivity contribution in [3.63, 3.8) is 0 Å². The van der Waals surface area contributed by atoms with Crippen molar-refractivity contribution in [3.05, 3.63) is 75.2 Å². The lowest BCUT2D eigenvalue weighted by Gasteiger charge is -2.50. The van der Waals surface area contributed by atoms with Crippen LogP contribution in [0, 0.1) is 5.92 Å². The fourth-order valence-electron chi connectivity index (χ4n) is 8.97. The van der Waals surface area contributed by atoms with Crippen LogP contribution in [-0.2, 0) is 28.0 Å². The number of carbonyl (C=O) groups is 4. The summed E-state index contributed by atoms with van der Waals surface area (Å²) in [5.41, 5.74) is 3.76. The summed E-state index contributed by atoms with van der Waals surface area (Å²) in [6.07, 6.45) is 4.62. The van der Waals surface area contributed by atoms with Crippen molar-refractivity contribution in [1.29, 1.82) is 0 Å². The van der Waals surface area contributed by atoms with Crippen LogP contribution in [0.25, 0.3) is 10.9 Å². The molecule has 0 aliphatic carbocycles. The van der Waals surface area contributed by atoms with Crippen molar-refractivity contribution in [2.45, 2.75) is 71.0 Å². The largest absolute Gasteiger partial charge is 0.480 e. The van der Waals surface area contributed by atoms with Gasteiger partial charge in [0.2, 0.25) is 17.8 Å². The number of aryl methyl sites for hydroxylation is 1. The summed E-state index contributed by atoms with van der Waals surface area (Å²) in [4.78, 5) is 80.3. The first kappa shape index (κ1) is 40.2. The summed E-state index contributed by atoms with van der Waals surface area (Å²) in [5, 5.41) is 6.85. The molecule has 3 saturated heterocycles. The fourth-order valence-corrected chi connectivity index (χ4v) is 9.11. The fraction of sp³-hybridized carbons (Fsp3) is 0.465. The molecule has 4 aromatic rings. The smallest absolute Gasteiger partial charge is 0.293 e. The second kappa shape index (κ2) is 16.3. The maximum Gasteiger partial charge on any atom is 0.293 e. The molecule has 15 nitrogen and oxygen atoms in total. The van der Waals surface area contributed by atoms with E-state index in [-0.39, 0.29) is 47.5 Å². The van der Waals surface area contributed by atoms with Gasteiger partial charge in [-0.05, 0) is 87.1 Å². The summed E-state index contributed by atoms with van der Waals surface area (Å²) < 4.78 is 7.08. The zero-order valence-electron chi connectivity index (χ0n) is 33.9. The third-order valence-corrected chi connectivity index (χ3v) is 13.0. The van der Waals surface area contributed by atoms with E-state index in [1.807, 2.05) is 30.3 Å². The predicted octanol–water partition coefficient (Wildman–Crippen LogP) is 4.66. The number of rotatable bonds is 11. The first-order valence-corrected chi connectivity index (χ1v) is 20.8. The van der Waals surface area contributed by atoms with Crippen LogP contribution in [0.1, 0.15) is 68.8 Å². The number of ether oxygens (including phenoxy) is 1. The van der Waals surface area contributed by atoms with Gasteiger partial charge in [0.05, 0.1) is 11.7 Å². The number of anilines is 4. The second-order valence-electron chi connectivity index (χ2n) is 16.4. The highest BCUT2D eigenvalue weighted by Crippen LogP contribution is 2.37. The van der Waals surface area contributed by atoms with Gasteiger partial charge in [0.15, 0.2) is 17.4 Å². The van der Waals surface area contributed by atoms with Gasteiger partial charge in [-0.15, -0.1) is 0 Å². The quantitative estimate of drug-likeness (QED) is 0.202. The number of hydrogen-bond acceptors (Lipinski definition) is 12. The molecule has 2 N–H and O–H groups in total. The Morgan fingerprint density at radius 2 is 1.73 bits per heavy atom. The van der Waals surface area contributed by atoms with E-state index >= 15 is 0 Å². The zero-order valence-corrected chi connectivity index (χ0v) is 34.7. The van der Waals surface area contributed by atoms with Gasteiger partial charge in [-0.2, -0.15) is 4.98 Å². The molecule has 3 fully saturated rings. The average Bonchev–Trinajstić information content (AvgIpc) is 3.57. The molecular weight excluding hydrogens is 774 g/mol. The standard InChI is InChI=1S/C43H50ClN9O6/c1-5-31(54)25-59-36-22-26-20-29(6-9-34(26)49(4)41(36)58)46-38-33(44)23-45-42(48-38)51-16-18-52(19-17-51)43(2,3)28-12-14-50(15-13-28)30-7-8-32-27(21-30)24-53(40(32)57)35-10-11-37(55)47-39(35)56/h6-9,20-23,28,35H,5,10-19,24-25H2,1-4H3,(H,45,46,48)(H,47,55,56). The van der Waals surface area contributed by atoms with Crippen molar-refractivity contribution < 1.29 is 23.9 Å². The number of Topliss-reactive ketones (excluding diaryl/α,β-unsaturated/α-hetero) is 1. The minimum Gasteiger partial charge on any atom is -0.480 e. The topological polar surface area (TPSA) is 162 Å². The predicted molar refractivity (Wildman–Crippen MR) is 226 cm³/mol. The van der Waals surface area contributed by atoms with Gasteiger partial charge >= 0.3 is 0 Å². The van der Waals surface area contributed by atoms with E-state index in [9.17, 15) is 24.0 Å². The minimum atomic E-state index is -0.618. The number of ketones is 1. The minimum absolute atomic E-state index is 0.0193. The van der Waals surface area contributed by atoms with E-state index in [0.29, 0.717) is 47.7 Å². The van der Waals surface area contributed by atoms with E-state index < -0.39 is 11.9 Å². The molecule has 0 spiro atoms. The first-order chi connectivity index (χ1) is 28.3. The molecule has 3 amide bonds. The number of piperidine rings is 2. The lowest BCUT2D eigenvalue weighted by Crippen LogP contribution is -2.59. The molecule has 8 rings (SSSR count). The second-order valence-corrected chi connectivity index (χ2v) is 16.9.